The smallest absolute Gasteiger partial charge is 0.140 e. The van der Waals surface area contributed by atoms with Crippen molar-refractivity contribution < 1.29 is 4.74 Å². The van der Waals surface area contributed by atoms with Crippen LogP contribution in [-0.4, -0.2) is 35.7 Å². The van der Waals surface area contributed by atoms with Gasteiger partial charge in [0.05, 0.1) is 6.10 Å². The molecule has 2 heterocycles. The molecule has 0 atom stereocenters. The van der Waals surface area contributed by atoms with Gasteiger partial charge in [-0.1, -0.05) is 0 Å². The van der Waals surface area contributed by atoms with Crippen LogP contribution in [0.3, 0.4) is 0 Å². The highest BCUT2D eigenvalue weighted by Crippen LogP contribution is 2.16. The standard InChI is InChI=1S/C14H19N3O/c1-2-18-14-4-7-17(8-5-14)11-12-3-6-16-13(9-12)10-15/h3,6,9,14H,2,4-5,7-8,11H2,1H3. The van der Waals surface area contributed by atoms with E-state index in [-0.39, 0.29) is 0 Å². The Morgan fingerprint density at radius 3 is 2.94 bits per heavy atom. The Hall–Kier alpha value is -1.44. The molecule has 4 nitrogen and oxygen atoms in total. The molecule has 1 saturated heterocycles. The molecule has 0 bridgehead atoms. The number of hydrogen-bond donors (Lipinski definition) is 0. The van der Waals surface area contributed by atoms with Crippen LogP contribution >= 0.6 is 0 Å². The SMILES string of the molecule is CCOC1CCN(Cc2ccnc(C#N)c2)CC1. The van der Waals surface area contributed by atoms with Crippen molar-refractivity contribution in [2.24, 2.45) is 0 Å². The summed E-state index contributed by atoms with van der Waals surface area (Å²) in [5.74, 6) is 0. The first kappa shape index (κ1) is 13.0. The number of hydrogen-bond acceptors (Lipinski definition) is 4. The number of likely N-dealkylation sites (tertiary alicyclic amines) is 1. The molecular weight excluding hydrogens is 226 g/mol. The van der Waals surface area contributed by atoms with Gasteiger partial charge in [-0.3, -0.25) is 4.90 Å². The molecule has 0 amide bonds. The highest BCUT2D eigenvalue weighted by Gasteiger charge is 2.19. The van der Waals surface area contributed by atoms with Crippen LogP contribution < -0.4 is 0 Å². The van der Waals surface area contributed by atoms with Crippen molar-refractivity contribution in [3.63, 3.8) is 0 Å². The summed E-state index contributed by atoms with van der Waals surface area (Å²) in [5, 5.41) is 8.82. The first-order chi connectivity index (χ1) is 8.81. The molecule has 4 heteroatoms. The Balaban J connectivity index is 1.86. The van der Waals surface area contributed by atoms with Crippen molar-refractivity contribution in [1.29, 1.82) is 5.26 Å². The van der Waals surface area contributed by atoms with E-state index in [2.05, 4.69) is 16.0 Å². The first-order valence-corrected chi connectivity index (χ1v) is 6.50. The second-order valence-corrected chi connectivity index (χ2v) is 4.59. The average molecular weight is 245 g/mol. The maximum atomic E-state index is 8.82. The Kier molecular flexibility index (Phi) is 4.68. The highest BCUT2D eigenvalue weighted by atomic mass is 16.5. The molecule has 96 valence electrons. The van der Waals surface area contributed by atoms with E-state index < -0.39 is 0 Å². The summed E-state index contributed by atoms with van der Waals surface area (Å²) in [7, 11) is 0. The van der Waals surface area contributed by atoms with Gasteiger partial charge in [-0.2, -0.15) is 5.26 Å². The molecule has 1 aromatic heterocycles. The predicted octanol–water partition coefficient (Wildman–Crippen LogP) is 1.95. The molecule has 1 aliphatic rings. The van der Waals surface area contributed by atoms with Gasteiger partial charge in [0, 0.05) is 32.4 Å². The molecule has 18 heavy (non-hydrogen) atoms. The molecule has 0 unspecified atom stereocenters. The van der Waals surface area contributed by atoms with Crippen LogP contribution in [0.25, 0.3) is 0 Å². The summed E-state index contributed by atoms with van der Waals surface area (Å²) in [6, 6.07) is 5.93. The van der Waals surface area contributed by atoms with Crippen LogP contribution in [0.15, 0.2) is 18.3 Å². The van der Waals surface area contributed by atoms with Crippen molar-refractivity contribution in [3.05, 3.63) is 29.6 Å². The van der Waals surface area contributed by atoms with E-state index in [1.165, 1.54) is 0 Å². The Bertz CT molecular complexity index is 419. The molecule has 1 aromatic rings. The van der Waals surface area contributed by atoms with Crippen LogP contribution in [0.4, 0.5) is 0 Å². The summed E-state index contributed by atoms with van der Waals surface area (Å²) in [6.07, 6.45) is 4.34. The number of piperidine rings is 1. The first-order valence-electron chi connectivity index (χ1n) is 6.50. The number of aromatic nitrogens is 1. The highest BCUT2D eigenvalue weighted by molar-refractivity contribution is 5.25. The summed E-state index contributed by atoms with van der Waals surface area (Å²) in [5.41, 5.74) is 1.66. The molecule has 0 spiro atoms. The molecule has 0 aromatic carbocycles. The lowest BCUT2D eigenvalue weighted by atomic mass is 10.1. The lowest BCUT2D eigenvalue weighted by Gasteiger charge is -2.31. The minimum atomic E-state index is 0.429. The second-order valence-electron chi connectivity index (χ2n) is 4.59. The van der Waals surface area contributed by atoms with Crippen molar-refractivity contribution in [3.8, 4) is 6.07 Å². The number of ether oxygens (including phenoxy) is 1. The zero-order valence-electron chi connectivity index (χ0n) is 10.8. The van der Waals surface area contributed by atoms with Crippen LogP contribution in [-0.2, 0) is 11.3 Å². The largest absolute Gasteiger partial charge is 0.378 e. The molecular formula is C14H19N3O. The van der Waals surface area contributed by atoms with Gasteiger partial charge in [-0.05, 0) is 37.5 Å². The fourth-order valence-corrected chi connectivity index (χ4v) is 2.36. The predicted molar refractivity (Wildman–Crippen MR) is 68.9 cm³/mol. The third kappa shape index (κ3) is 3.52. The molecule has 2 rings (SSSR count). The van der Waals surface area contributed by atoms with Crippen molar-refractivity contribution in [1.82, 2.24) is 9.88 Å². The van der Waals surface area contributed by atoms with Crippen LogP contribution in [0.5, 0.6) is 0 Å². The molecule has 0 N–H and O–H groups in total. The maximum Gasteiger partial charge on any atom is 0.140 e. The van der Waals surface area contributed by atoms with Crippen molar-refractivity contribution >= 4 is 0 Å². The van der Waals surface area contributed by atoms with Crippen LogP contribution in [0, 0.1) is 11.3 Å². The van der Waals surface area contributed by atoms with Gasteiger partial charge in [0.25, 0.3) is 0 Å². The van der Waals surface area contributed by atoms with E-state index in [9.17, 15) is 0 Å². The number of nitriles is 1. The van der Waals surface area contributed by atoms with Gasteiger partial charge in [-0.25, -0.2) is 4.98 Å². The number of rotatable bonds is 4. The third-order valence-electron chi connectivity index (χ3n) is 3.28. The molecule has 1 aliphatic heterocycles. The van der Waals surface area contributed by atoms with E-state index in [0.29, 0.717) is 11.8 Å². The second kappa shape index (κ2) is 6.48. The Morgan fingerprint density at radius 2 is 2.28 bits per heavy atom. The summed E-state index contributed by atoms with van der Waals surface area (Å²) < 4.78 is 5.64. The average Bonchev–Trinajstić information content (AvgIpc) is 2.42. The molecule has 0 aliphatic carbocycles. The fourth-order valence-electron chi connectivity index (χ4n) is 2.36. The monoisotopic (exact) mass is 245 g/mol. The van der Waals surface area contributed by atoms with E-state index in [0.717, 1.165) is 44.6 Å². The normalized spacial score (nSPS) is 17.6. The summed E-state index contributed by atoms with van der Waals surface area (Å²) in [4.78, 5) is 6.40. The van der Waals surface area contributed by atoms with E-state index in [1.54, 1.807) is 6.20 Å². The topological polar surface area (TPSA) is 49.1 Å². The zero-order chi connectivity index (χ0) is 12.8. The van der Waals surface area contributed by atoms with Gasteiger partial charge >= 0.3 is 0 Å². The Morgan fingerprint density at radius 1 is 1.50 bits per heavy atom. The van der Waals surface area contributed by atoms with Crippen LogP contribution in [0.2, 0.25) is 0 Å². The van der Waals surface area contributed by atoms with Gasteiger partial charge in [-0.15, -0.1) is 0 Å². The summed E-state index contributed by atoms with van der Waals surface area (Å²) in [6.45, 7) is 5.88. The van der Waals surface area contributed by atoms with E-state index in [1.807, 2.05) is 19.1 Å². The minimum Gasteiger partial charge on any atom is -0.378 e. The lowest BCUT2D eigenvalue weighted by molar-refractivity contribution is 0.0125. The fraction of sp³-hybridized carbons (Fsp3) is 0.571. The van der Waals surface area contributed by atoms with Gasteiger partial charge < -0.3 is 4.74 Å². The quantitative estimate of drug-likeness (QED) is 0.813. The lowest BCUT2D eigenvalue weighted by Crippen LogP contribution is -2.36. The van der Waals surface area contributed by atoms with Gasteiger partial charge in [0.15, 0.2) is 0 Å². The number of nitrogens with zero attached hydrogens (tertiary/aromatic N) is 3. The van der Waals surface area contributed by atoms with Crippen LogP contribution in [0.1, 0.15) is 31.0 Å². The van der Waals surface area contributed by atoms with Gasteiger partial charge in [0.2, 0.25) is 0 Å². The zero-order valence-corrected chi connectivity index (χ0v) is 10.8. The van der Waals surface area contributed by atoms with Gasteiger partial charge in [0.1, 0.15) is 11.8 Å². The van der Waals surface area contributed by atoms with Crippen molar-refractivity contribution in [2.75, 3.05) is 19.7 Å². The third-order valence-corrected chi connectivity index (χ3v) is 3.28. The summed E-state index contributed by atoms with van der Waals surface area (Å²) >= 11 is 0. The minimum absolute atomic E-state index is 0.429. The molecule has 0 saturated carbocycles. The Labute approximate surface area is 108 Å². The van der Waals surface area contributed by atoms with E-state index in [4.69, 9.17) is 10.00 Å². The van der Waals surface area contributed by atoms with E-state index >= 15 is 0 Å². The molecule has 0 radical (unpaired) electrons. The maximum absolute atomic E-state index is 8.82. The van der Waals surface area contributed by atoms with Crippen molar-refractivity contribution in [2.45, 2.75) is 32.4 Å². The molecule has 1 fully saturated rings. The number of pyridine rings is 1.